The molecule has 164 valence electrons. The van der Waals surface area contributed by atoms with E-state index in [0.717, 1.165) is 6.67 Å². The molecule has 0 saturated heterocycles. The van der Waals surface area contributed by atoms with E-state index in [9.17, 15) is 50.4 Å². The molecule has 0 aliphatic carbocycles. The average Bonchev–Trinajstić information content (AvgIpc) is 2.79. The van der Waals surface area contributed by atoms with Gasteiger partial charge in [0.1, 0.15) is 24.8 Å². The maximum absolute atomic E-state index is 10.7. The Balaban J connectivity index is 0.000000416. The molecule has 0 unspecified atom stereocenters. The van der Waals surface area contributed by atoms with E-state index < -0.39 is 15.6 Å². The van der Waals surface area contributed by atoms with Crippen molar-refractivity contribution in [2.24, 2.45) is 14.1 Å². The zero-order chi connectivity index (χ0) is 22.1. The van der Waals surface area contributed by atoms with Crippen molar-refractivity contribution >= 4 is 15.6 Å². The number of nitrogens with zero attached hydrogens (tertiary/aromatic N) is 4. The summed E-state index contributed by atoms with van der Waals surface area (Å²) >= 11 is 0. The van der Waals surface area contributed by atoms with Gasteiger partial charge in [-0.15, -0.1) is 0 Å². The van der Waals surface area contributed by atoms with E-state index in [-0.39, 0.29) is 0 Å². The molecule has 0 bridgehead atoms. The maximum atomic E-state index is 9.87. The molecule has 0 aliphatic heterocycles. The van der Waals surface area contributed by atoms with E-state index in [1.54, 1.807) is 0 Å². The molecule has 0 atom stereocenters. The van der Waals surface area contributed by atoms with Crippen LogP contribution < -0.4 is 9.13 Å². The van der Waals surface area contributed by atoms with Crippen molar-refractivity contribution in [3.05, 3.63) is 37.4 Å². The molecule has 0 amide bonds. The van der Waals surface area contributed by atoms with Crippen molar-refractivity contribution in [3.63, 3.8) is 0 Å². The molecule has 0 radical (unpaired) electrons. The molecule has 2 aromatic heterocycles. The Bertz CT molecular complexity index is 680. The second kappa shape index (κ2) is 5.97. The van der Waals surface area contributed by atoms with Gasteiger partial charge in [0.15, 0.2) is 0 Å². The third kappa shape index (κ3) is 29.5. The van der Waals surface area contributed by atoms with Gasteiger partial charge in [-0.2, -0.15) is 9.13 Å². The number of aryl methyl sites for hydroxylation is 2. The molecule has 2 rings (SSSR count). The van der Waals surface area contributed by atoms with Gasteiger partial charge in [0.25, 0.3) is 0 Å². The van der Waals surface area contributed by atoms with Crippen LogP contribution in [0.5, 0.6) is 0 Å². The van der Waals surface area contributed by atoms with Crippen LogP contribution in [0.2, 0.25) is 0 Å². The first-order chi connectivity index (χ1) is 11.1. The van der Waals surface area contributed by atoms with Crippen LogP contribution in [0, 0.1) is 0 Å². The topological polar surface area (TPSA) is 17.6 Å². The van der Waals surface area contributed by atoms with Crippen LogP contribution >= 0.6 is 15.6 Å². The van der Waals surface area contributed by atoms with Gasteiger partial charge in [-0.05, 0) is 0 Å². The van der Waals surface area contributed by atoms with Crippen molar-refractivity contribution in [2.75, 3.05) is 0 Å². The zero-order valence-electron chi connectivity index (χ0n) is 13.4. The van der Waals surface area contributed by atoms with Crippen LogP contribution in [0.3, 0.4) is 0 Å². The van der Waals surface area contributed by atoms with Crippen LogP contribution in [0.4, 0.5) is 50.4 Å². The number of rotatable bonds is 2. The molecule has 0 spiro atoms. The average molecular weight is 468 g/mol. The van der Waals surface area contributed by atoms with Gasteiger partial charge in [0, 0.05) is 0 Å². The predicted molar refractivity (Wildman–Crippen MR) is 73.8 cm³/mol. The zero-order valence-corrected chi connectivity index (χ0v) is 15.2. The third-order valence-electron chi connectivity index (χ3n) is 1.97. The van der Waals surface area contributed by atoms with E-state index in [1.165, 1.54) is 0 Å². The van der Waals surface area contributed by atoms with Gasteiger partial charge in [0.05, 0.1) is 14.1 Å². The minimum atomic E-state index is -10.7. The van der Waals surface area contributed by atoms with Crippen molar-refractivity contribution in [3.8, 4) is 0 Å². The van der Waals surface area contributed by atoms with Gasteiger partial charge in [-0.1, -0.05) is 0 Å². The van der Waals surface area contributed by atoms with Gasteiger partial charge >= 0.3 is 66.0 Å². The summed E-state index contributed by atoms with van der Waals surface area (Å²) in [6.07, 6.45) is 12.3. The molecule has 0 saturated carbocycles. The fourth-order valence-electron chi connectivity index (χ4n) is 1.36. The van der Waals surface area contributed by atoms with Crippen LogP contribution in [0.25, 0.3) is 0 Å². The Morgan fingerprint density at radius 2 is 0.815 bits per heavy atom. The van der Waals surface area contributed by atoms with Crippen molar-refractivity contribution in [1.29, 1.82) is 0 Å². The predicted octanol–water partition coefficient (Wildman–Crippen LogP) is 6.21. The molecule has 4 nitrogen and oxygen atoms in total. The normalized spacial score (nSPS) is 17.1. The van der Waals surface area contributed by atoms with Gasteiger partial charge in [0.2, 0.25) is 19.3 Å². The van der Waals surface area contributed by atoms with Crippen LogP contribution in [-0.4, -0.2) is 9.13 Å². The summed E-state index contributed by atoms with van der Waals surface area (Å²) in [5.41, 5.74) is 0. The minimum absolute atomic E-state index is 0.863. The molecule has 0 N–H and O–H groups in total. The van der Waals surface area contributed by atoms with Gasteiger partial charge < -0.3 is 0 Å². The molecular weight excluding hydrogens is 454 g/mol. The fraction of sp³-hybridized carbons (Fsp3) is 0.333. The van der Waals surface area contributed by atoms with Crippen molar-refractivity contribution < 1.29 is 59.5 Å². The Labute approximate surface area is 143 Å². The number of imidazole rings is 2. The Kier molecular flexibility index (Phi) is 5.62. The summed E-state index contributed by atoms with van der Waals surface area (Å²) in [4.78, 5) is 0. The Morgan fingerprint density at radius 1 is 0.593 bits per heavy atom. The standard InChI is InChI=1S/C9H14N4.2F6P/c1-10-3-5-12(7-10)9-13-6-4-11(2)8-13;2*1-7(2,3,4,5)6/h3-8H,9H2,1-2H3;;/q+2;2*-1. The fourth-order valence-corrected chi connectivity index (χ4v) is 1.36. The van der Waals surface area contributed by atoms with Crippen LogP contribution in [0.15, 0.2) is 37.4 Å². The number of halogens is 12. The van der Waals surface area contributed by atoms with Crippen molar-refractivity contribution in [2.45, 2.75) is 6.67 Å². The Hall–Kier alpha value is -1.56. The van der Waals surface area contributed by atoms with E-state index >= 15 is 0 Å². The first kappa shape index (κ1) is 25.4. The molecule has 2 heterocycles. The Morgan fingerprint density at radius 3 is 0.963 bits per heavy atom. The quantitative estimate of drug-likeness (QED) is 0.284. The number of aromatic nitrogens is 4. The second-order valence-electron chi connectivity index (χ2n) is 5.24. The number of hydrogen-bond acceptors (Lipinski definition) is 0. The molecule has 0 aromatic carbocycles. The SMILES string of the molecule is C[n+]1ccn(Cn2cc[n+](C)c2)c1.F[P-](F)(F)(F)(F)F.F[P-](F)(F)(F)(F)F. The van der Waals surface area contributed by atoms with Crippen LogP contribution in [0.1, 0.15) is 0 Å². The molecule has 0 fully saturated rings. The molecule has 2 aromatic rings. The first-order valence-electron chi connectivity index (χ1n) is 6.29. The number of hydrogen-bond donors (Lipinski definition) is 0. The van der Waals surface area contributed by atoms with Gasteiger partial charge in [-0.3, -0.25) is 0 Å². The second-order valence-corrected chi connectivity index (χ2v) is 9.08. The van der Waals surface area contributed by atoms with E-state index in [1.807, 2.05) is 35.6 Å². The molecular formula is C9H14F12N4P2. The summed E-state index contributed by atoms with van der Waals surface area (Å²) in [5, 5.41) is 0. The molecule has 0 aliphatic rings. The summed E-state index contributed by atoms with van der Waals surface area (Å²) in [7, 11) is -17.3. The summed E-state index contributed by atoms with van der Waals surface area (Å²) < 4.78 is 127. The summed E-state index contributed by atoms with van der Waals surface area (Å²) in [5.74, 6) is 0. The molecule has 18 heteroatoms. The van der Waals surface area contributed by atoms with Crippen LogP contribution in [-0.2, 0) is 20.8 Å². The van der Waals surface area contributed by atoms with Crippen molar-refractivity contribution in [1.82, 2.24) is 9.13 Å². The molecule has 27 heavy (non-hydrogen) atoms. The first-order valence-corrected chi connectivity index (χ1v) is 10.3. The third-order valence-corrected chi connectivity index (χ3v) is 1.97. The summed E-state index contributed by atoms with van der Waals surface area (Å²) in [6.45, 7) is 0.863. The van der Waals surface area contributed by atoms with Gasteiger partial charge in [-0.25, -0.2) is 9.13 Å². The monoisotopic (exact) mass is 468 g/mol. The van der Waals surface area contributed by atoms with E-state index in [4.69, 9.17) is 0 Å². The van der Waals surface area contributed by atoms with E-state index in [2.05, 4.69) is 34.2 Å². The summed E-state index contributed by atoms with van der Waals surface area (Å²) in [6, 6.07) is 0. The van der Waals surface area contributed by atoms with E-state index in [0.29, 0.717) is 0 Å².